The Balaban J connectivity index is 1.75. The third kappa shape index (κ3) is 2.28. The zero-order chi connectivity index (χ0) is 14.1. The summed E-state index contributed by atoms with van der Waals surface area (Å²) < 4.78 is 0. The van der Waals surface area contributed by atoms with Gasteiger partial charge in [-0.3, -0.25) is 0 Å². The topological polar surface area (TPSA) is 86.7 Å². The van der Waals surface area contributed by atoms with Crippen LogP contribution in [0.2, 0.25) is 0 Å². The first-order valence-electron chi connectivity index (χ1n) is 6.70. The Morgan fingerprint density at radius 2 is 1.65 bits per heavy atom. The summed E-state index contributed by atoms with van der Waals surface area (Å²) in [4.78, 5) is 13.4. The van der Waals surface area contributed by atoms with E-state index in [0.29, 0.717) is 5.95 Å². The van der Waals surface area contributed by atoms with Gasteiger partial charge < -0.3 is 9.80 Å². The van der Waals surface area contributed by atoms with Crippen molar-refractivity contribution in [2.45, 2.75) is 20.8 Å². The molecular formula is C12H18N8. The Morgan fingerprint density at radius 3 is 2.30 bits per heavy atom. The summed E-state index contributed by atoms with van der Waals surface area (Å²) in [5.74, 6) is 2.53. The zero-order valence-corrected chi connectivity index (χ0v) is 12.0. The smallest absolute Gasteiger partial charge is 0.265 e. The van der Waals surface area contributed by atoms with E-state index in [9.17, 15) is 0 Å². The van der Waals surface area contributed by atoms with Crippen LogP contribution in [0.3, 0.4) is 0 Å². The molecule has 1 fully saturated rings. The molecular weight excluding hydrogens is 256 g/mol. The first kappa shape index (κ1) is 12.8. The lowest BCUT2D eigenvalue weighted by atomic mass is 10.2. The zero-order valence-electron chi connectivity index (χ0n) is 12.0. The Kier molecular flexibility index (Phi) is 3.21. The fourth-order valence-corrected chi connectivity index (χ4v) is 2.47. The summed E-state index contributed by atoms with van der Waals surface area (Å²) in [5.41, 5.74) is 2.21. The Labute approximate surface area is 117 Å². The fourth-order valence-electron chi connectivity index (χ4n) is 2.47. The van der Waals surface area contributed by atoms with Gasteiger partial charge >= 0.3 is 0 Å². The number of hydrogen-bond donors (Lipinski definition) is 1. The number of piperazine rings is 1. The Bertz CT molecular complexity index is 586. The van der Waals surface area contributed by atoms with Crippen molar-refractivity contribution in [2.75, 3.05) is 36.0 Å². The predicted octanol–water partition coefficient (Wildman–Crippen LogP) is 0.242. The van der Waals surface area contributed by atoms with Crippen LogP contribution in [0.1, 0.15) is 17.1 Å². The van der Waals surface area contributed by atoms with Gasteiger partial charge in [-0.05, 0) is 26.0 Å². The molecule has 0 aromatic carbocycles. The molecule has 1 aliphatic rings. The molecule has 2 aromatic rings. The average Bonchev–Trinajstić information content (AvgIpc) is 2.97. The molecule has 1 saturated heterocycles. The summed E-state index contributed by atoms with van der Waals surface area (Å²) in [6.07, 6.45) is 0. The highest BCUT2D eigenvalue weighted by Crippen LogP contribution is 2.21. The first-order chi connectivity index (χ1) is 9.65. The van der Waals surface area contributed by atoms with Gasteiger partial charge in [-0.25, -0.2) is 9.97 Å². The van der Waals surface area contributed by atoms with Crippen molar-refractivity contribution in [1.82, 2.24) is 30.6 Å². The third-order valence-corrected chi connectivity index (χ3v) is 3.67. The van der Waals surface area contributed by atoms with Gasteiger partial charge in [0.15, 0.2) is 0 Å². The van der Waals surface area contributed by atoms with Crippen LogP contribution in [0.15, 0.2) is 0 Å². The standard InChI is InChI=1S/C12H18N8/c1-8-9(2)13-10(3)14-11(8)19-4-6-20(7-5-19)12-15-17-18-16-12/h4-7H2,1-3H3,(H,15,16,17,18). The highest BCUT2D eigenvalue weighted by molar-refractivity contribution is 5.49. The maximum Gasteiger partial charge on any atom is 0.265 e. The Hall–Kier alpha value is -2.25. The van der Waals surface area contributed by atoms with Crippen LogP contribution in [-0.2, 0) is 0 Å². The molecule has 0 atom stereocenters. The second-order valence-corrected chi connectivity index (χ2v) is 4.99. The Morgan fingerprint density at radius 1 is 0.950 bits per heavy atom. The van der Waals surface area contributed by atoms with Crippen LogP contribution in [0, 0.1) is 20.8 Å². The minimum absolute atomic E-state index is 0.663. The van der Waals surface area contributed by atoms with Crippen LogP contribution in [0.5, 0.6) is 0 Å². The van der Waals surface area contributed by atoms with E-state index < -0.39 is 0 Å². The van der Waals surface area contributed by atoms with E-state index in [1.54, 1.807) is 0 Å². The number of tetrazole rings is 1. The highest BCUT2D eigenvalue weighted by atomic mass is 15.5. The monoisotopic (exact) mass is 274 g/mol. The van der Waals surface area contributed by atoms with Crippen LogP contribution in [0.4, 0.5) is 11.8 Å². The van der Waals surface area contributed by atoms with E-state index in [0.717, 1.165) is 49.1 Å². The fraction of sp³-hybridized carbons (Fsp3) is 0.583. The molecule has 20 heavy (non-hydrogen) atoms. The third-order valence-electron chi connectivity index (χ3n) is 3.67. The highest BCUT2D eigenvalue weighted by Gasteiger charge is 2.22. The molecule has 8 heteroatoms. The molecule has 3 heterocycles. The average molecular weight is 274 g/mol. The number of hydrogen-bond acceptors (Lipinski definition) is 7. The number of nitrogens with zero attached hydrogens (tertiary/aromatic N) is 7. The van der Waals surface area contributed by atoms with Gasteiger partial charge in [-0.1, -0.05) is 5.10 Å². The summed E-state index contributed by atoms with van der Waals surface area (Å²) in [7, 11) is 0. The first-order valence-corrected chi connectivity index (χ1v) is 6.70. The quantitative estimate of drug-likeness (QED) is 0.839. The molecule has 0 bridgehead atoms. The molecule has 1 aliphatic heterocycles. The van der Waals surface area contributed by atoms with Gasteiger partial charge in [0, 0.05) is 37.4 Å². The molecule has 8 nitrogen and oxygen atoms in total. The largest absolute Gasteiger partial charge is 0.353 e. The van der Waals surface area contributed by atoms with Gasteiger partial charge in [0.2, 0.25) is 0 Å². The molecule has 0 radical (unpaired) electrons. The number of nitrogens with one attached hydrogen (secondary N) is 1. The van der Waals surface area contributed by atoms with E-state index in [4.69, 9.17) is 0 Å². The molecule has 3 rings (SSSR count). The van der Waals surface area contributed by atoms with Crippen molar-refractivity contribution in [3.63, 3.8) is 0 Å². The predicted molar refractivity (Wildman–Crippen MR) is 74.8 cm³/mol. The molecule has 0 unspecified atom stereocenters. The summed E-state index contributed by atoms with van der Waals surface area (Å²) in [6.45, 7) is 9.56. The SMILES string of the molecule is Cc1nc(C)c(C)c(N2CCN(c3nn[nH]n3)CC2)n1. The minimum Gasteiger partial charge on any atom is -0.353 e. The van der Waals surface area contributed by atoms with Crippen molar-refractivity contribution in [1.29, 1.82) is 0 Å². The van der Waals surface area contributed by atoms with Crippen LogP contribution in [0.25, 0.3) is 0 Å². The van der Waals surface area contributed by atoms with Crippen molar-refractivity contribution in [3.05, 3.63) is 17.1 Å². The van der Waals surface area contributed by atoms with Gasteiger partial charge in [0.25, 0.3) is 5.95 Å². The van der Waals surface area contributed by atoms with Crippen molar-refractivity contribution in [2.24, 2.45) is 0 Å². The lowest BCUT2D eigenvalue weighted by molar-refractivity contribution is 0.631. The van der Waals surface area contributed by atoms with E-state index in [-0.39, 0.29) is 0 Å². The summed E-state index contributed by atoms with van der Waals surface area (Å²) in [5, 5.41) is 14.1. The van der Waals surface area contributed by atoms with E-state index in [1.807, 2.05) is 13.8 Å². The number of H-pyrrole nitrogens is 1. The number of aryl methyl sites for hydroxylation is 2. The van der Waals surface area contributed by atoms with E-state index >= 15 is 0 Å². The second-order valence-electron chi connectivity index (χ2n) is 4.99. The molecule has 106 valence electrons. The lowest BCUT2D eigenvalue weighted by Gasteiger charge is -2.35. The van der Waals surface area contributed by atoms with Crippen molar-refractivity contribution >= 4 is 11.8 Å². The van der Waals surface area contributed by atoms with E-state index in [1.165, 1.54) is 0 Å². The molecule has 0 amide bonds. The molecule has 2 aromatic heterocycles. The minimum atomic E-state index is 0.663. The van der Waals surface area contributed by atoms with Gasteiger partial charge in [-0.15, -0.1) is 5.10 Å². The molecule has 0 spiro atoms. The number of aromatic nitrogens is 6. The molecule has 1 N–H and O–H groups in total. The normalized spacial score (nSPS) is 15.8. The summed E-state index contributed by atoms with van der Waals surface area (Å²) in [6, 6.07) is 0. The van der Waals surface area contributed by atoms with Crippen LogP contribution in [-0.4, -0.2) is 56.8 Å². The van der Waals surface area contributed by atoms with Crippen molar-refractivity contribution < 1.29 is 0 Å². The maximum absolute atomic E-state index is 4.59. The van der Waals surface area contributed by atoms with E-state index in [2.05, 4.69) is 47.3 Å². The second kappa shape index (κ2) is 5.03. The number of rotatable bonds is 2. The molecule has 0 aliphatic carbocycles. The maximum atomic E-state index is 4.59. The van der Waals surface area contributed by atoms with Gasteiger partial charge in [0.05, 0.1) is 0 Å². The van der Waals surface area contributed by atoms with Crippen LogP contribution < -0.4 is 9.80 Å². The van der Waals surface area contributed by atoms with Crippen LogP contribution >= 0.6 is 0 Å². The van der Waals surface area contributed by atoms with Crippen molar-refractivity contribution in [3.8, 4) is 0 Å². The number of aromatic amines is 1. The lowest BCUT2D eigenvalue weighted by Crippen LogP contribution is -2.47. The summed E-state index contributed by atoms with van der Waals surface area (Å²) >= 11 is 0. The van der Waals surface area contributed by atoms with Gasteiger partial charge in [0.1, 0.15) is 11.6 Å². The van der Waals surface area contributed by atoms with Gasteiger partial charge in [-0.2, -0.15) is 5.21 Å². The molecule has 0 saturated carbocycles. The number of anilines is 2.